The van der Waals surface area contributed by atoms with E-state index in [-0.39, 0.29) is 0 Å². The number of rotatable bonds is 5. The number of benzene rings is 1. The first-order valence-corrected chi connectivity index (χ1v) is 6.80. The Morgan fingerprint density at radius 1 is 1.33 bits per heavy atom. The van der Waals surface area contributed by atoms with E-state index in [0.29, 0.717) is 0 Å². The Hall–Kier alpha value is -1.68. The maximum absolute atomic E-state index is 4.40. The Bertz CT molecular complexity index is 505. The molecule has 94 valence electrons. The summed E-state index contributed by atoms with van der Waals surface area (Å²) in [6.45, 7) is 2.84. The number of hydrogen-bond donors (Lipinski definition) is 0. The fraction of sp³-hybridized carbons (Fsp3) is 0.286. The summed E-state index contributed by atoms with van der Waals surface area (Å²) in [5, 5.41) is 9.52. The van der Waals surface area contributed by atoms with Crippen LogP contribution in [0.3, 0.4) is 0 Å². The van der Waals surface area contributed by atoms with Crippen molar-refractivity contribution in [1.82, 2.24) is 9.99 Å². The third kappa shape index (κ3) is 3.96. The highest BCUT2D eigenvalue weighted by molar-refractivity contribution is 7.09. The minimum absolute atomic E-state index is 0.803. The Balaban J connectivity index is 1.82. The van der Waals surface area contributed by atoms with Crippen molar-refractivity contribution < 1.29 is 0 Å². The molecule has 0 N–H and O–H groups in total. The van der Waals surface area contributed by atoms with Crippen molar-refractivity contribution in [3.63, 3.8) is 0 Å². The lowest BCUT2D eigenvalue weighted by Crippen LogP contribution is -2.10. The zero-order valence-corrected chi connectivity index (χ0v) is 11.5. The molecule has 2 aromatic rings. The van der Waals surface area contributed by atoms with Crippen LogP contribution in [0, 0.1) is 6.92 Å². The zero-order chi connectivity index (χ0) is 12.8. The lowest BCUT2D eigenvalue weighted by atomic mass is 10.2. The van der Waals surface area contributed by atoms with Gasteiger partial charge < -0.3 is 0 Å². The van der Waals surface area contributed by atoms with Crippen LogP contribution < -0.4 is 0 Å². The summed E-state index contributed by atoms with van der Waals surface area (Å²) in [5.74, 6) is 0. The predicted molar refractivity (Wildman–Crippen MR) is 77.0 cm³/mol. The number of aryl methyl sites for hydroxylation is 1. The van der Waals surface area contributed by atoms with Crippen LogP contribution in [-0.4, -0.2) is 23.3 Å². The van der Waals surface area contributed by atoms with Gasteiger partial charge in [0.15, 0.2) is 0 Å². The van der Waals surface area contributed by atoms with Gasteiger partial charge in [0, 0.05) is 30.8 Å². The quantitative estimate of drug-likeness (QED) is 0.609. The SMILES string of the molecule is Cc1csc(C/C=N\N(C)Cc2ccccc2)n1. The molecule has 1 aromatic heterocycles. The highest BCUT2D eigenvalue weighted by Crippen LogP contribution is 2.08. The van der Waals surface area contributed by atoms with E-state index in [1.54, 1.807) is 11.3 Å². The number of nitrogens with zero attached hydrogens (tertiary/aromatic N) is 3. The van der Waals surface area contributed by atoms with Crippen molar-refractivity contribution in [2.24, 2.45) is 5.10 Å². The molecule has 0 aliphatic heterocycles. The summed E-state index contributed by atoms with van der Waals surface area (Å²) in [6, 6.07) is 10.3. The molecule has 0 amide bonds. The van der Waals surface area contributed by atoms with Crippen LogP contribution in [0.25, 0.3) is 0 Å². The smallest absolute Gasteiger partial charge is 0.0982 e. The third-order valence-electron chi connectivity index (χ3n) is 2.47. The molecule has 1 heterocycles. The second-order valence-electron chi connectivity index (χ2n) is 4.19. The molecule has 18 heavy (non-hydrogen) atoms. The van der Waals surface area contributed by atoms with Gasteiger partial charge in [0.25, 0.3) is 0 Å². The van der Waals surface area contributed by atoms with Gasteiger partial charge in [0.1, 0.15) is 0 Å². The van der Waals surface area contributed by atoms with Crippen molar-refractivity contribution >= 4 is 17.6 Å². The van der Waals surface area contributed by atoms with E-state index >= 15 is 0 Å². The van der Waals surface area contributed by atoms with Crippen LogP contribution in [0.4, 0.5) is 0 Å². The van der Waals surface area contributed by atoms with E-state index in [1.807, 2.05) is 43.4 Å². The Morgan fingerprint density at radius 3 is 2.78 bits per heavy atom. The van der Waals surface area contributed by atoms with Gasteiger partial charge in [-0.15, -0.1) is 11.3 Å². The largest absolute Gasteiger partial charge is 0.296 e. The molecule has 0 spiro atoms. The summed E-state index contributed by atoms with van der Waals surface area (Å²) in [5.41, 5.74) is 2.35. The van der Waals surface area contributed by atoms with E-state index in [9.17, 15) is 0 Å². The fourth-order valence-electron chi connectivity index (χ4n) is 1.64. The van der Waals surface area contributed by atoms with Crippen LogP contribution in [0.2, 0.25) is 0 Å². The maximum Gasteiger partial charge on any atom is 0.0982 e. The first kappa shape index (κ1) is 12.8. The van der Waals surface area contributed by atoms with Gasteiger partial charge in [-0.3, -0.25) is 5.01 Å². The van der Waals surface area contributed by atoms with E-state index < -0.39 is 0 Å². The number of thiazole rings is 1. The third-order valence-corrected chi connectivity index (χ3v) is 3.45. The normalized spacial score (nSPS) is 11.0. The first-order valence-electron chi connectivity index (χ1n) is 5.92. The van der Waals surface area contributed by atoms with Crippen LogP contribution in [0.15, 0.2) is 40.8 Å². The molecule has 0 fully saturated rings. The standard InChI is InChI=1S/C14H17N3S/c1-12-11-18-14(16-12)8-9-15-17(2)10-13-6-4-3-5-7-13/h3-7,9,11H,8,10H2,1-2H3/b15-9-. The molecule has 0 saturated carbocycles. The molecule has 0 unspecified atom stereocenters. The average molecular weight is 259 g/mol. The molecular formula is C14H17N3S. The number of hydrazone groups is 1. The van der Waals surface area contributed by atoms with Crippen LogP contribution in [0.1, 0.15) is 16.3 Å². The second-order valence-corrected chi connectivity index (χ2v) is 5.13. The fourth-order valence-corrected chi connectivity index (χ4v) is 2.37. The van der Waals surface area contributed by atoms with Gasteiger partial charge in [0.2, 0.25) is 0 Å². The molecule has 3 nitrogen and oxygen atoms in total. The van der Waals surface area contributed by atoms with Crippen molar-refractivity contribution in [2.45, 2.75) is 19.9 Å². The molecule has 0 saturated heterocycles. The van der Waals surface area contributed by atoms with E-state index in [4.69, 9.17) is 0 Å². The molecule has 1 aromatic carbocycles. The Morgan fingerprint density at radius 2 is 2.11 bits per heavy atom. The monoisotopic (exact) mass is 259 g/mol. The summed E-state index contributed by atoms with van der Waals surface area (Å²) in [4.78, 5) is 4.40. The van der Waals surface area contributed by atoms with Crippen molar-refractivity contribution in [3.05, 3.63) is 52.0 Å². The average Bonchev–Trinajstić information content (AvgIpc) is 2.76. The van der Waals surface area contributed by atoms with Gasteiger partial charge >= 0.3 is 0 Å². The van der Waals surface area contributed by atoms with Crippen LogP contribution >= 0.6 is 11.3 Å². The summed E-state index contributed by atoms with van der Waals surface area (Å²) in [7, 11) is 1.98. The van der Waals surface area contributed by atoms with Crippen molar-refractivity contribution in [3.8, 4) is 0 Å². The van der Waals surface area contributed by atoms with Crippen LogP contribution in [0.5, 0.6) is 0 Å². The molecular weight excluding hydrogens is 242 g/mol. The van der Waals surface area contributed by atoms with E-state index in [0.717, 1.165) is 23.7 Å². The summed E-state index contributed by atoms with van der Waals surface area (Å²) in [6.07, 6.45) is 2.72. The molecule has 0 aliphatic rings. The Labute approximate surface area is 112 Å². The van der Waals surface area contributed by atoms with Gasteiger partial charge in [-0.1, -0.05) is 30.3 Å². The molecule has 0 aliphatic carbocycles. The molecule has 0 radical (unpaired) electrons. The van der Waals surface area contributed by atoms with Gasteiger partial charge in [-0.25, -0.2) is 4.98 Å². The molecule has 0 bridgehead atoms. The summed E-state index contributed by atoms with van der Waals surface area (Å²) < 4.78 is 0. The first-order chi connectivity index (χ1) is 8.74. The molecule has 0 atom stereocenters. The van der Waals surface area contributed by atoms with Crippen LogP contribution in [-0.2, 0) is 13.0 Å². The second kappa shape index (κ2) is 6.31. The maximum atomic E-state index is 4.40. The van der Waals surface area contributed by atoms with E-state index in [2.05, 4.69) is 27.6 Å². The van der Waals surface area contributed by atoms with Crippen molar-refractivity contribution in [2.75, 3.05) is 7.05 Å². The van der Waals surface area contributed by atoms with E-state index in [1.165, 1.54) is 5.56 Å². The molecule has 4 heteroatoms. The van der Waals surface area contributed by atoms with Gasteiger partial charge in [0.05, 0.1) is 11.6 Å². The molecule has 2 rings (SSSR count). The minimum atomic E-state index is 0.803. The highest BCUT2D eigenvalue weighted by atomic mass is 32.1. The lowest BCUT2D eigenvalue weighted by molar-refractivity contribution is 0.348. The highest BCUT2D eigenvalue weighted by Gasteiger charge is 1.97. The number of aromatic nitrogens is 1. The topological polar surface area (TPSA) is 28.5 Å². The number of hydrogen-bond acceptors (Lipinski definition) is 4. The summed E-state index contributed by atoms with van der Waals surface area (Å²) >= 11 is 1.68. The lowest BCUT2D eigenvalue weighted by Gasteiger charge is -2.12. The van der Waals surface area contributed by atoms with Gasteiger partial charge in [-0.2, -0.15) is 5.10 Å². The van der Waals surface area contributed by atoms with Gasteiger partial charge in [-0.05, 0) is 12.5 Å². The zero-order valence-electron chi connectivity index (χ0n) is 10.7. The minimum Gasteiger partial charge on any atom is -0.296 e. The van der Waals surface area contributed by atoms with Crippen molar-refractivity contribution in [1.29, 1.82) is 0 Å². The Kier molecular flexibility index (Phi) is 4.47. The predicted octanol–water partition coefficient (Wildman–Crippen LogP) is 3.11.